The van der Waals surface area contributed by atoms with Crippen molar-refractivity contribution in [3.63, 3.8) is 0 Å². The second-order valence-electron chi connectivity index (χ2n) is 9.69. The first kappa shape index (κ1) is 29.3. The summed E-state index contributed by atoms with van der Waals surface area (Å²) in [5, 5.41) is 0.245. The Hall–Kier alpha value is -4.23. The zero-order valence-electron chi connectivity index (χ0n) is 23.0. The van der Waals surface area contributed by atoms with E-state index in [0.29, 0.717) is 25.3 Å². The number of hydrogen-bond acceptors (Lipinski definition) is 9. The van der Waals surface area contributed by atoms with Crippen molar-refractivity contribution in [1.29, 1.82) is 0 Å². The Morgan fingerprint density at radius 2 is 1.26 bits per heavy atom. The molecule has 0 saturated carbocycles. The van der Waals surface area contributed by atoms with E-state index >= 15 is 0 Å². The molecule has 5 rings (SSSR count). The molecule has 0 N–H and O–H groups in total. The molecule has 0 aliphatic carbocycles. The van der Waals surface area contributed by atoms with Gasteiger partial charge in [0.25, 0.3) is 0 Å². The minimum Gasteiger partial charge on any atom is -0.377 e. The number of hydrogen-bond donors (Lipinski definition) is 0. The number of sulfonamides is 1. The standard InChI is InChI=1S/C30H29N5O5S2/c1-34(2)41(36,37)29-17-16-28(40-42(38,39)26-12-4-3-5-13-26)30-27(29)15-14-25(33-30)22-35(20-23-10-6-8-18-31-23)21-24-11-7-9-19-32-24/h3-19H,20-22H2,1-2H3. The van der Waals surface area contributed by atoms with Crippen LogP contribution in [0.25, 0.3) is 10.9 Å². The maximum atomic E-state index is 13.2. The summed E-state index contributed by atoms with van der Waals surface area (Å²) < 4.78 is 59.2. The Labute approximate surface area is 245 Å². The molecule has 0 radical (unpaired) electrons. The molecule has 0 atom stereocenters. The lowest BCUT2D eigenvalue weighted by atomic mass is 10.1. The molecule has 216 valence electrons. The zero-order valence-corrected chi connectivity index (χ0v) is 24.7. The Kier molecular flexibility index (Phi) is 8.59. The maximum absolute atomic E-state index is 13.2. The smallest absolute Gasteiger partial charge is 0.339 e. The summed E-state index contributed by atoms with van der Waals surface area (Å²) in [5.74, 6) is -0.0746. The number of rotatable bonds is 11. The van der Waals surface area contributed by atoms with Gasteiger partial charge in [-0.15, -0.1) is 0 Å². The zero-order chi connectivity index (χ0) is 29.7. The van der Waals surface area contributed by atoms with E-state index in [1.165, 1.54) is 38.4 Å². The molecule has 12 heteroatoms. The summed E-state index contributed by atoms with van der Waals surface area (Å²) in [6.07, 6.45) is 3.46. The summed E-state index contributed by atoms with van der Waals surface area (Å²) in [4.78, 5) is 15.7. The molecule has 0 aliphatic heterocycles. The summed E-state index contributed by atoms with van der Waals surface area (Å²) in [6.45, 7) is 1.34. The molecule has 42 heavy (non-hydrogen) atoms. The molecule has 0 unspecified atom stereocenters. The minimum absolute atomic E-state index is 0.00941. The molecule has 0 spiro atoms. The second-order valence-corrected chi connectivity index (χ2v) is 13.4. The normalized spacial score (nSPS) is 12.2. The van der Waals surface area contributed by atoms with Gasteiger partial charge >= 0.3 is 10.1 Å². The molecule has 2 aromatic carbocycles. The number of aromatic nitrogens is 3. The van der Waals surface area contributed by atoms with Crippen LogP contribution in [0.1, 0.15) is 17.1 Å². The van der Waals surface area contributed by atoms with Crippen molar-refractivity contribution in [3.05, 3.63) is 120 Å². The highest BCUT2D eigenvalue weighted by Crippen LogP contribution is 2.33. The first-order valence-electron chi connectivity index (χ1n) is 13.0. The summed E-state index contributed by atoms with van der Waals surface area (Å²) in [5.41, 5.74) is 2.40. The molecular formula is C30H29N5O5S2. The third kappa shape index (κ3) is 6.63. The van der Waals surface area contributed by atoms with Crippen LogP contribution in [0.5, 0.6) is 5.75 Å². The van der Waals surface area contributed by atoms with Crippen molar-refractivity contribution in [2.75, 3.05) is 14.1 Å². The molecule has 0 fully saturated rings. The van der Waals surface area contributed by atoms with Gasteiger partial charge in [-0.2, -0.15) is 8.42 Å². The molecule has 0 amide bonds. The average Bonchev–Trinajstić information content (AvgIpc) is 2.98. The average molecular weight is 604 g/mol. The highest BCUT2D eigenvalue weighted by molar-refractivity contribution is 7.89. The minimum atomic E-state index is -4.21. The largest absolute Gasteiger partial charge is 0.377 e. The lowest BCUT2D eigenvalue weighted by Gasteiger charge is -2.22. The van der Waals surface area contributed by atoms with Crippen LogP contribution in [0.2, 0.25) is 0 Å². The summed E-state index contributed by atoms with van der Waals surface area (Å²) >= 11 is 0. The Morgan fingerprint density at radius 1 is 0.667 bits per heavy atom. The fourth-order valence-corrected chi connectivity index (χ4v) is 6.41. The van der Waals surface area contributed by atoms with E-state index < -0.39 is 20.1 Å². The summed E-state index contributed by atoms with van der Waals surface area (Å²) in [7, 11) is -5.22. The van der Waals surface area contributed by atoms with Crippen LogP contribution in [-0.2, 0) is 39.8 Å². The van der Waals surface area contributed by atoms with E-state index in [2.05, 4.69) is 14.9 Å². The molecule has 10 nitrogen and oxygen atoms in total. The van der Waals surface area contributed by atoms with Crippen molar-refractivity contribution in [2.24, 2.45) is 0 Å². The monoisotopic (exact) mass is 603 g/mol. The van der Waals surface area contributed by atoms with Gasteiger partial charge in [0.15, 0.2) is 5.75 Å². The predicted molar refractivity (Wildman–Crippen MR) is 158 cm³/mol. The number of benzene rings is 2. The molecule has 5 aromatic rings. The molecule has 0 aliphatic rings. The van der Waals surface area contributed by atoms with Gasteiger partial charge in [-0.3, -0.25) is 14.9 Å². The van der Waals surface area contributed by atoms with Gasteiger partial charge < -0.3 is 4.18 Å². The molecule has 3 aromatic heterocycles. The van der Waals surface area contributed by atoms with Crippen molar-refractivity contribution < 1.29 is 21.0 Å². The number of nitrogens with zero attached hydrogens (tertiary/aromatic N) is 5. The van der Waals surface area contributed by atoms with E-state index in [0.717, 1.165) is 15.7 Å². The van der Waals surface area contributed by atoms with Crippen LogP contribution in [0.3, 0.4) is 0 Å². The fourth-order valence-electron chi connectivity index (χ4n) is 4.38. The molecule has 0 saturated heterocycles. The first-order chi connectivity index (χ1) is 20.1. The van der Waals surface area contributed by atoms with E-state index in [9.17, 15) is 16.8 Å². The lowest BCUT2D eigenvalue weighted by molar-refractivity contribution is 0.239. The van der Waals surface area contributed by atoms with Gasteiger partial charge in [0.2, 0.25) is 10.0 Å². The number of fused-ring (bicyclic) bond motifs is 1. The van der Waals surface area contributed by atoms with Gasteiger partial charge in [-0.1, -0.05) is 30.3 Å². The topological polar surface area (TPSA) is 123 Å². The van der Waals surface area contributed by atoms with E-state index in [1.54, 1.807) is 42.7 Å². The van der Waals surface area contributed by atoms with Crippen LogP contribution in [-0.4, -0.2) is 55.1 Å². The van der Waals surface area contributed by atoms with Crippen molar-refractivity contribution in [3.8, 4) is 5.75 Å². The first-order valence-corrected chi connectivity index (χ1v) is 15.9. The Morgan fingerprint density at radius 3 is 1.83 bits per heavy atom. The fraction of sp³-hybridized carbons (Fsp3) is 0.167. The lowest BCUT2D eigenvalue weighted by Crippen LogP contribution is -2.24. The van der Waals surface area contributed by atoms with Crippen LogP contribution in [0.4, 0.5) is 0 Å². The number of pyridine rings is 3. The second kappa shape index (κ2) is 12.3. The van der Waals surface area contributed by atoms with Crippen LogP contribution >= 0.6 is 0 Å². The molecular weight excluding hydrogens is 574 g/mol. The Balaban J connectivity index is 1.58. The SMILES string of the molecule is CN(C)S(=O)(=O)c1ccc(OS(=O)(=O)c2ccccc2)c2nc(CN(Cc3ccccn3)Cc3ccccn3)ccc12. The van der Waals surface area contributed by atoms with Gasteiger partial charge in [-0.25, -0.2) is 17.7 Å². The highest BCUT2D eigenvalue weighted by Gasteiger charge is 2.25. The maximum Gasteiger partial charge on any atom is 0.339 e. The quantitative estimate of drug-likeness (QED) is 0.204. The molecule has 0 bridgehead atoms. The molecule has 3 heterocycles. The van der Waals surface area contributed by atoms with Gasteiger partial charge in [0.1, 0.15) is 10.4 Å². The third-order valence-corrected chi connectivity index (χ3v) is 9.56. The van der Waals surface area contributed by atoms with Gasteiger partial charge in [-0.05, 0) is 60.7 Å². The summed E-state index contributed by atoms with van der Waals surface area (Å²) in [6, 6.07) is 25.2. The third-order valence-electron chi connectivity index (χ3n) is 6.44. The predicted octanol–water partition coefficient (Wildman–Crippen LogP) is 4.25. The Bertz CT molecular complexity index is 1850. The van der Waals surface area contributed by atoms with Crippen LogP contribution in [0.15, 0.2) is 113 Å². The van der Waals surface area contributed by atoms with Crippen LogP contribution < -0.4 is 4.18 Å². The van der Waals surface area contributed by atoms with Gasteiger partial charge in [0, 0.05) is 51.5 Å². The van der Waals surface area contributed by atoms with E-state index in [1.807, 2.05) is 36.4 Å². The highest BCUT2D eigenvalue weighted by atomic mass is 32.2. The van der Waals surface area contributed by atoms with E-state index in [4.69, 9.17) is 9.17 Å². The van der Waals surface area contributed by atoms with Crippen molar-refractivity contribution in [2.45, 2.75) is 29.4 Å². The van der Waals surface area contributed by atoms with Crippen molar-refractivity contribution >= 4 is 31.0 Å². The van der Waals surface area contributed by atoms with Crippen molar-refractivity contribution in [1.82, 2.24) is 24.2 Å². The van der Waals surface area contributed by atoms with Gasteiger partial charge in [0.05, 0.1) is 22.0 Å². The van der Waals surface area contributed by atoms with Crippen LogP contribution in [0, 0.1) is 0 Å². The van der Waals surface area contributed by atoms with E-state index in [-0.39, 0.29) is 26.4 Å².